The lowest BCUT2D eigenvalue weighted by Gasteiger charge is -2.31. The minimum atomic E-state index is -0.452. The van der Waals surface area contributed by atoms with Gasteiger partial charge in [0.15, 0.2) is 0 Å². The topological polar surface area (TPSA) is 99.3 Å². The number of carbonyl (C=O) groups excluding carboxylic acids is 1. The van der Waals surface area contributed by atoms with Crippen LogP contribution in [0.25, 0.3) is 0 Å². The number of anilines is 2. The Morgan fingerprint density at radius 1 is 1.26 bits per heavy atom. The Bertz CT molecular complexity index is 912. The van der Waals surface area contributed by atoms with E-state index in [9.17, 15) is 14.9 Å². The smallest absolute Gasteiger partial charge is 0.293 e. The van der Waals surface area contributed by atoms with Gasteiger partial charge < -0.3 is 10.2 Å². The quantitative estimate of drug-likeness (QED) is 0.654. The van der Waals surface area contributed by atoms with Crippen LogP contribution in [0.4, 0.5) is 17.1 Å². The Balaban J connectivity index is 1.84. The van der Waals surface area contributed by atoms with Gasteiger partial charge in [0.05, 0.1) is 16.6 Å². The molecular weight excluding hydrogens is 344 g/mol. The molecule has 1 heterocycles. The van der Waals surface area contributed by atoms with Crippen LogP contribution >= 0.6 is 0 Å². The largest absolute Gasteiger partial charge is 0.366 e. The second-order valence-corrected chi connectivity index (χ2v) is 6.78. The van der Waals surface area contributed by atoms with E-state index in [1.54, 1.807) is 36.4 Å². The van der Waals surface area contributed by atoms with Crippen molar-refractivity contribution in [1.29, 1.82) is 5.26 Å². The molecule has 0 unspecified atom stereocenters. The van der Waals surface area contributed by atoms with Crippen molar-refractivity contribution in [2.24, 2.45) is 5.92 Å². The predicted octanol–water partition coefficient (Wildman–Crippen LogP) is 3.96. The number of nitrogens with zero attached hydrogens (tertiary/aromatic N) is 3. The van der Waals surface area contributed by atoms with Crippen molar-refractivity contribution >= 4 is 23.0 Å². The Morgan fingerprint density at radius 2 is 2.00 bits per heavy atom. The van der Waals surface area contributed by atoms with Crippen LogP contribution in [0.1, 0.15) is 35.7 Å². The number of hydrogen-bond donors (Lipinski definition) is 1. The molecule has 1 aliphatic rings. The predicted molar refractivity (Wildman–Crippen MR) is 103 cm³/mol. The highest BCUT2D eigenvalue weighted by Crippen LogP contribution is 2.32. The van der Waals surface area contributed by atoms with E-state index >= 15 is 0 Å². The lowest BCUT2D eigenvalue weighted by molar-refractivity contribution is -0.384. The Kier molecular flexibility index (Phi) is 5.36. The van der Waals surface area contributed by atoms with E-state index < -0.39 is 10.8 Å². The number of benzene rings is 2. The standard InChI is InChI=1S/C20H20N4O3/c1-14-7-9-23(10-8-14)18-6-5-16(12-19(18)24(26)27)20(25)22-17-4-2-3-15(11-17)13-21/h2-6,11-12,14H,7-10H2,1H3,(H,22,25). The van der Waals surface area contributed by atoms with Gasteiger partial charge in [0.25, 0.3) is 11.6 Å². The zero-order chi connectivity index (χ0) is 19.4. The fourth-order valence-electron chi connectivity index (χ4n) is 3.20. The summed E-state index contributed by atoms with van der Waals surface area (Å²) >= 11 is 0. The van der Waals surface area contributed by atoms with Crippen LogP contribution in [0.15, 0.2) is 42.5 Å². The van der Waals surface area contributed by atoms with Crippen LogP contribution in [0.5, 0.6) is 0 Å². The average Bonchev–Trinajstić information content (AvgIpc) is 2.68. The van der Waals surface area contributed by atoms with Gasteiger partial charge in [-0.3, -0.25) is 14.9 Å². The molecule has 1 saturated heterocycles. The highest BCUT2D eigenvalue weighted by Gasteiger charge is 2.24. The van der Waals surface area contributed by atoms with Crippen molar-refractivity contribution in [3.8, 4) is 6.07 Å². The van der Waals surface area contributed by atoms with Crippen LogP contribution in [0, 0.1) is 27.4 Å². The maximum atomic E-state index is 12.5. The summed E-state index contributed by atoms with van der Waals surface area (Å²) in [6.07, 6.45) is 1.99. The van der Waals surface area contributed by atoms with Crippen molar-refractivity contribution in [3.05, 3.63) is 63.7 Å². The zero-order valence-electron chi connectivity index (χ0n) is 15.0. The molecule has 2 aromatic carbocycles. The molecule has 0 bridgehead atoms. The minimum Gasteiger partial charge on any atom is -0.366 e. The monoisotopic (exact) mass is 364 g/mol. The molecule has 27 heavy (non-hydrogen) atoms. The summed E-state index contributed by atoms with van der Waals surface area (Å²) in [7, 11) is 0. The molecule has 0 atom stereocenters. The summed E-state index contributed by atoms with van der Waals surface area (Å²) in [5.41, 5.74) is 1.58. The molecule has 1 fully saturated rings. The second kappa shape index (κ2) is 7.87. The van der Waals surface area contributed by atoms with Crippen molar-refractivity contribution in [1.82, 2.24) is 0 Å². The van der Waals surface area contributed by atoms with E-state index in [1.165, 1.54) is 6.07 Å². The lowest BCUT2D eigenvalue weighted by Crippen LogP contribution is -2.33. The summed E-state index contributed by atoms with van der Waals surface area (Å²) in [6.45, 7) is 3.73. The van der Waals surface area contributed by atoms with Gasteiger partial charge in [0.1, 0.15) is 5.69 Å². The maximum Gasteiger partial charge on any atom is 0.293 e. The molecule has 1 N–H and O–H groups in total. The Hall–Kier alpha value is -3.40. The first-order valence-corrected chi connectivity index (χ1v) is 8.83. The first-order valence-electron chi connectivity index (χ1n) is 8.83. The van der Waals surface area contributed by atoms with E-state index in [1.807, 2.05) is 11.0 Å². The fourth-order valence-corrected chi connectivity index (χ4v) is 3.20. The Morgan fingerprint density at radius 3 is 2.67 bits per heavy atom. The molecule has 7 heteroatoms. The van der Waals surface area contributed by atoms with Gasteiger partial charge in [-0.25, -0.2) is 0 Å². The number of hydrogen-bond acceptors (Lipinski definition) is 5. The highest BCUT2D eigenvalue weighted by molar-refractivity contribution is 6.05. The molecule has 7 nitrogen and oxygen atoms in total. The lowest BCUT2D eigenvalue weighted by atomic mass is 9.98. The van der Waals surface area contributed by atoms with Gasteiger partial charge in [-0.15, -0.1) is 0 Å². The van der Waals surface area contributed by atoms with Crippen LogP contribution < -0.4 is 10.2 Å². The van der Waals surface area contributed by atoms with Gasteiger partial charge in [-0.2, -0.15) is 5.26 Å². The molecular formula is C20H20N4O3. The number of amides is 1. The summed E-state index contributed by atoms with van der Waals surface area (Å²) in [6, 6.07) is 13.1. The molecule has 0 saturated carbocycles. The number of nitro benzene ring substituents is 1. The molecule has 3 rings (SSSR count). The number of rotatable bonds is 4. The van der Waals surface area contributed by atoms with E-state index in [2.05, 4.69) is 12.2 Å². The third kappa shape index (κ3) is 4.23. The van der Waals surface area contributed by atoms with Gasteiger partial charge in [-0.1, -0.05) is 13.0 Å². The summed E-state index contributed by atoms with van der Waals surface area (Å²) in [4.78, 5) is 25.6. The third-order valence-corrected chi connectivity index (χ3v) is 4.81. The van der Waals surface area contributed by atoms with Crippen LogP contribution in [0.2, 0.25) is 0 Å². The van der Waals surface area contributed by atoms with E-state index in [4.69, 9.17) is 5.26 Å². The first-order chi connectivity index (χ1) is 13.0. The SMILES string of the molecule is CC1CCN(c2ccc(C(=O)Nc3cccc(C#N)c3)cc2[N+](=O)[O-])CC1. The number of piperidine rings is 1. The van der Waals surface area contributed by atoms with Gasteiger partial charge in [0.2, 0.25) is 0 Å². The normalized spacial score (nSPS) is 14.4. The fraction of sp³-hybridized carbons (Fsp3) is 0.300. The van der Waals surface area contributed by atoms with E-state index in [0.29, 0.717) is 22.9 Å². The van der Waals surface area contributed by atoms with E-state index in [-0.39, 0.29) is 11.3 Å². The van der Waals surface area contributed by atoms with Crippen LogP contribution in [-0.4, -0.2) is 23.9 Å². The van der Waals surface area contributed by atoms with Crippen LogP contribution in [-0.2, 0) is 0 Å². The van der Waals surface area contributed by atoms with Crippen LogP contribution in [0.3, 0.4) is 0 Å². The molecule has 0 radical (unpaired) electrons. The zero-order valence-corrected chi connectivity index (χ0v) is 15.0. The second-order valence-electron chi connectivity index (χ2n) is 6.78. The number of nitriles is 1. The molecule has 0 spiro atoms. The maximum absolute atomic E-state index is 12.5. The van der Waals surface area contributed by atoms with Gasteiger partial charge in [-0.05, 0) is 49.1 Å². The molecule has 1 amide bonds. The molecule has 0 aliphatic carbocycles. The number of nitro groups is 1. The molecule has 0 aromatic heterocycles. The van der Waals surface area contributed by atoms with Crippen molar-refractivity contribution in [2.75, 3.05) is 23.3 Å². The average molecular weight is 364 g/mol. The third-order valence-electron chi connectivity index (χ3n) is 4.81. The summed E-state index contributed by atoms with van der Waals surface area (Å²) < 4.78 is 0. The molecule has 138 valence electrons. The number of carbonyl (C=O) groups is 1. The summed E-state index contributed by atoms with van der Waals surface area (Å²) in [5.74, 6) is 0.168. The van der Waals surface area contributed by atoms with Crippen molar-refractivity contribution in [3.63, 3.8) is 0 Å². The number of nitrogens with one attached hydrogen (secondary N) is 1. The minimum absolute atomic E-state index is 0.0667. The van der Waals surface area contributed by atoms with Crippen molar-refractivity contribution in [2.45, 2.75) is 19.8 Å². The van der Waals surface area contributed by atoms with E-state index in [0.717, 1.165) is 25.9 Å². The summed E-state index contributed by atoms with van der Waals surface area (Å²) in [5, 5.41) is 23.2. The molecule has 2 aromatic rings. The van der Waals surface area contributed by atoms with Gasteiger partial charge in [0, 0.05) is 30.4 Å². The Labute approximate surface area is 157 Å². The first kappa shape index (κ1) is 18.4. The van der Waals surface area contributed by atoms with Gasteiger partial charge >= 0.3 is 0 Å². The highest BCUT2D eigenvalue weighted by atomic mass is 16.6. The van der Waals surface area contributed by atoms with Crippen molar-refractivity contribution < 1.29 is 9.72 Å². The molecule has 1 aliphatic heterocycles.